The zero-order valence-corrected chi connectivity index (χ0v) is 17.5. The second-order valence-corrected chi connectivity index (χ2v) is 8.09. The molecule has 0 atom stereocenters. The molecule has 4 aromatic rings. The first-order valence-electron chi connectivity index (χ1n) is 10.5. The van der Waals surface area contributed by atoms with Gasteiger partial charge in [0.1, 0.15) is 5.69 Å². The van der Waals surface area contributed by atoms with Crippen LogP contribution in [-0.4, -0.2) is 19.5 Å². The lowest BCUT2D eigenvalue weighted by atomic mass is 10.1. The molecule has 0 N–H and O–H groups in total. The normalized spacial score (nSPS) is 15.3. The van der Waals surface area contributed by atoms with Crippen molar-refractivity contribution in [3.63, 3.8) is 0 Å². The van der Waals surface area contributed by atoms with Crippen molar-refractivity contribution >= 4 is 11.6 Å². The van der Waals surface area contributed by atoms with Crippen molar-refractivity contribution in [2.45, 2.75) is 18.4 Å². The van der Waals surface area contributed by atoms with E-state index in [9.17, 15) is 0 Å². The van der Waals surface area contributed by atoms with Crippen LogP contribution in [0.4, 0.5) is 20.4 Å². The lowest BCUT2D eigenvalue weighted by Gasteiger charge is -2.21. The maximum Gasteiger partial charge on any atom is 0.216 e. The van der Waals surface area contributed by atoms with Gasteiger partial charge in [-0.05, 0) is 49.2 Å². The van der Waals surface area contributed by atoms with E-state index in [-0.39, 0.29) is 11.3 Å². The number of imidazole rings is 1. The van der Waals surface area contributed by atoms with Crippen LogP contribution < -0.4 is 4.90 Å². The molecule has 1 aliphatic carbocycles. The fraction of sp³-hybridized carbons (Fsp3) is 0.115. The largest absolute Gasteiger partial charge is 0.296 e. The summed E-state index contributed by atoms with van der Waals surface area (Å²) in [4.78, 5) is 14.4. The van der Waals surface area contributed by atoms with Gasteiger partial charge in [0.05, 0.1) is 23.1 Å². The topological polar surface area (TPSA) is 46.8 Å². The lowest BCUT2D eigenvalue weighted by molar-refractivity contribution is 0.580. The summed E-state index contributed by atoms with van der Waals surface area (Å²) < 4.78 is 32.6. The van der Waals surface area contributed by atoms with Gasteiger partial charge in [-0.2, -0.15) is 0 Å². The van der Waals surface area contributed by atoms with Gasteiger partial charge >= 0.3 is 0 Å². The van der Waals surface area contributed by atoms with Gasteiger partial charge in [-0.3, -0.25) is 19.4 Å². The van der Waals surface area contributed by atoms with Crippen molar-refractivity contribution in [3.8, 4) is 23.2 Å². The standard InChI is InChI=1S/C26H17F2N5/c1-17-26(9-10-26)33-23(22-6-2-3-12-30-22)16-31-25(33)32(17)24-20(27)13-19(14-21(24)28)8-7-18-5-4-11-29-15-18/h2-6,11-16H,1,9-10H2. The summed E-state index contributed by atoms with van der Waals surface area (Å²) in [5.41, 5.74) is 2.42. The molecule has 1 fully saturated rings. The molecule has 0 saturated heterocycles. The quantitative estimate of drug-likeness (QED) is 0.406. The summed E-state index contributed by atoms with van der Waals surface area (Å²) in [6, 6.07) is 11.6. The highest BCUT2D eigenvalue weighted by Crippen LogP contribution is 2.60. The van der Waals surface area contributed by atoms with Crippen molar-refractivity contribution < 1.29 is 8.78 Å². The molecule has 160 valence electrons. The van der Waals surface area contributed by atoms with Gasteiger partial charge in [0, 0.05) is 35.4 Å². The second-order valence-electron chi connectivity index (χ2n) is 8.09. The molecule has 33 heavy (non-hydrogen) atoms. The summed E-state index contributed by atoms with van der Waals surface area (Å²) in [5, 5.41) is 0. The minimum atomic E-state index is -0.724. The lowest BCUT2D eigenvalue weighted by Crippen LogP contribution is -2.20. The number of rotatable bonds is 2. The van der Waals surface area contributed by atoms with Gasteiger partial charge < -0.3 is 0 Å². The Kier molecular flexibility index (Phi) is 4.17. The molecule has 0 amide bonds. The van der Waals surface area contributed by atoms with Crippen molar-refractivity contribution in [2.24, 2.45) is 0 Å². The zero-order valence-electron chi connectivity index (χ0n) is 17.5. The predicted octanol–water partition coefficient (Wildman–Crippen LogP) is 5.17. The number of aromatic nitrogens is 4. The van der Waals surface area contributed by atoms with Crippen molar-refractivity contribution in [2.75, 3.05) is 4.90 Å². The molecule has 1 aromatic carbocycles. The third-order valence-electron chi connectivity index (χ3n) is 6.08. The van der Waals surface area contributed by atoms with Gasteiger partial charge in [0.2, 0.25) is 5.95 Å². The highest BCUT2D eigenvalue weighted by Gasteiger charge is 2.57. The highest BCUT2D eigenvalue weighted by molar-refractivity contribution is 5.75. The molecule has 1 aliphatic heterocycles. The Morgan fingerprint density at radius 1 is 0.909 bits per heavy atom. The number of pyridine rings is 2. The Labute approximate surface area is 189 Å². The average Bonchev–Trinajstić information content (AvgIpc) is 3.47. The van der Waals surface area contributed by atoms with Crippen molar-refractivity contribution in [1.82, 2.24) is 19.5 Å². The van der Waals surface area contributed by atoms with Crippen molar-refractivity contribution in [3.05, 3.63) is 102 Å². The van der Waals surface area contributed by atoms with E-state index in [0.717, 1.165) is 24.2 Å². The summed E-state index contributed by atoms with van der Waals surface area (Å²) in [6.07, 6.45) is 8.28. The summed E-state index contributed by atoms with van der Waals surface area (Å²) in [5.74, 6) is 4.67. The number of fused-ring (bicyclic) bond motifs is 2. The Bertz CT molecular complexity index is 1440. The molecule has 4 heterocycles. The molecule has 0 unspecified atom stereocenters. The molecule has 3 aromatic heterocycles. The van der Waals surface area contributed by atoms with E-state index < -0.39 is 17.2 Å². The van der Waals surface area contributed by atoms with Gasteiger partial charge in [0.25, 0.3) is 0 Å². The highest BCUT2D eigenvalue weighted by atomic mass is 19.1. The van der Waals surface area contributed by atoms with Crippen LogP contribution in [0.15, 0.2) is 79.5 Å². The predicted molar refractivity (Wildman–Crippen MR) is 121 cm³/mol. The Morgan fingerprint density at radius 2 is 1.70 bits per heavy atom. The number of nitrogens with zero attached hydrogens (tertiary/aromatic N) is 5. The Morgan fingerprint density at radius 3 is 2.36 bits per heavy atom. The van der Waals surface area contributed by atoms with Crippen LogP contribution in [-0.2, 0) is 5.54 Å². The van der Waals surface area contributed by atoms with E-state index >= 15 is 8.78 Å². The van der Waals surface area contributed by atoms with Crippen LogP contribution in [0.3, 0.4) is 0 Å². The second kappa shape index (κ2) is 7.10. The smallest absolute Gasteiger partial charge is 0.216 e. The van der Waals surface area contributed by atoms with E-state index in [4.69, 9.17) is 0 Å². The van der Waals surface area contributed by atoms with E-state index in [1.807, 2.05) is 22.8 Å². The number of allylic oxidation sites excluding steroid dienone is 1. The summed E-state index contributed by atoms with van der Waals surface area (Å²) in [6.45, 7) is 4.21. The molecule has 5 nitrogen and oxygen atoms in total. The van der Waals surface area contributed by atoms with Crippen LogP contribution in [0, 0.1) is 23.5 Å². The van der Waals surface area contributed by atoms with Crippen LogP contribution in [0.25, 0.3) is 11.4 Å². The molecule has 1 saturated carbocycles. The first kappa shape index (κ1) is 19.4. The Balaban J connectivity index is 1.44. The minimum absolute atomic E-state index is 0.199. The fourth-order valence-corrected chi connectivity index (χ4v) is 4.37. The van der Waals surface area contributed by atoms with Crippen molar-refractivity contribution in [1.29, 1.82) is 0 Å². The first-order chi connectivity index (χ1) is 16.1. The van der Waals surface area contributed by atoms with Gasteiger partial charge in [-0.1, -0.05) is 24.5 Å². The van der Waals surface area contributed by atoms with Crippen LogP contribution in [0.1, 0.15) is 24.0 Å². The third kappa shape index (κ3) is 2.95. The van der Waals surface area contributed by atoms with Crippen LogP contribution in [0.2, 0.25) is 0 Å². The number of benzene rings is 1. The molecule has 0 radical (unpaired) electrons. The number of hydrogen-bond donors (Lipinski definition) is 0. The molecule has 1 spiro atoms. The van der Waals surface area contributed by atoms with E-state index in [1.54, 1.807) is 36.9 Å². The zero-order chi connectivity index (χ0) is 22.6. The summed E-state index contributed by atoms with van der Waals surface area (Å²) in [7, 11) is 0. The fourth-order valence-electron chi connectivity index (χ4n) is 4.37. The molecule has 0 bridgehead atoms. The maximum atomic E-state index is 15.3. The SMILES string of the molecule is C=C1N(c2c(F)cc(C#Cc3cccnc3)cc2F)c2ncc(-c3ccccn3)n2C12CC2. The minimum Gasteiger partial charge on any atom is -0.296 e. The maximum absolute atomic E-state index is 15.3. The first-order valence-corrected chi connectivity index (χ1v) is 10.5. The average molecular weight is 437 g/mol. The summed E-state index contributed by atoms with van der Waals surface area (Å²) >= 11 is 0. The molecule has 6 rings (SSSR count). The monoisotopic (exact) mass is 437 g/mol. The number of halogens is 2. The Hall–Kier alpha value is -4.31. The van der Waals surface area contributed by atoms with Gasteiger partial charge in [-0.15, -0.1) is 0 Å². The van der Waals surface area contributed by atoms with E-state index in [1.165, 1.54) is 17.0 Å². The third-order valence-corrected chi connectivity index (χ3v) is 6.08. The van der Waals surface area contributed by atoms with Gasteiger partial charge in [0.15, 0.2) is 11.6 Å². The number of hydrogen-bond acceptors (Lipinski definition) is 4. The van der Waals surface area contributed by atoms with E-state index in [2.05, 4.69) is 33.4 Å². The molecule has 7 heteroatoms. The van der Waals surface area contributed by atoms with E-state index in [0.29, 0.717) is 17.2 Å². The number of anilines is 2. The molecular formula is C26H17F2N5. The van der Waals surface area contributed by atoms with Crippen LogP contribution >= 0.6 is 0 Å². The molecule has 2 aliphatic rings. The van der Waals surface area contributed by atoms with Crippen LogP contribution in [0.5, 0.6) is 0 Å². The van der Waals surface area contributed by atoms with Gasteiger partial charge in [-0.25, -0.2) is 13.8 Å². The molecular weight excluding hydrogens is 420 g/mol.